The first-order valence-corrected chi connectivity index (χ1v) is 9.63. The van der Waals surface area contributed by atoms with E-state index in [1.54, 1.807) is 11.3 Å². The maximum absolute atomic E-state index is 11.7. The predicted octanol–water partition coefficient (Wildman–Crippen LogP) is 1.82. The number of thiophene rings is 1. The third-order valence-corrected chi connectivity index (χ3v) is 6.61. The Morgan fingerprint density at radius 2 is 2.29 bits per heavy atom. The minimum absolute atomic E-state index is 0.105. The lowest BCUT2D eigenvalue weighted by atomic mass is 10.2. The van der Waals surface area contributed by atoms with Crippen molar-refractivity contribution in [3.63, 3.8) is 0 Å². The van der Waals surface area contributed by atoms with E-state index in [1.165, 1.54) is 4.88 Å². The second-order valence-electron chi connectivity index (χ2n) is 5.31. The maximum Gasteiger partial charge on any atom is 0.223 e. The molecular formula is C13H18N4O2S2. The minimum atomic E-state index is -2.95. The third kappa shape index (κ3) is 3.11. The molecule has 1 aliphatic rings. The Morgan fingerprint density at radius 1 is 1.48 bits per heavy atom. The first-order chi connectivity index (χ1) is 9.97. The Hall–Kier alpha value is -1.41. The lowest BCUT2D eigenvalue weighted by molar-refractivity contribution is 0.561. The molecule has 1 aliphatic heterocycles. The molecule has 0 aromatic carbocycles. The number of nitrogens with zero attached hydrogens (tertiary/aromatic N) is 2. The molecule has 3 N–H and O–H groups in total. The van der Waals surface area contributed by atoms with Gasteiger partial charge in [0.25, 0.3) is 0 Å². The number of rotatable bonds is 3. The third-order valence-electron chi connectivity index (χ3n) is 3.61. The Labute approximate surface area is 127 Å². The van der Waals surface area contributed by atoms with Crippen LogP contribution in [-0.2, 0) is 16.3 Å². The summed E-state index contributed by atoms with van der Waals surface area (Å²) in [7, 11) is -2.95. The van der Waals surface area contributed by atoms with Gasteiger partial charge in [-0.25, -0.2) is 13.4 Å². The molecule has 1 saturated heterocycles. The summed E-state index contributed by atoms with van der Waals surface area (Å²) < 4.78 is 23.5. The molecule has 1 fully saturated rings. The number of hydrogen-bond donors (Lipinski definition) is 2. The van der Waals surface area contributed by atoms with Crippen molar-refractivity contribution in [1.82, 2.24) is 9.97 Å². The van der Waals surface area contributed by atoms with E-state index in [1.807, 2.05) is 0 Å². The van der Waals surface area contributed by atoms with Crippen LogP contribution in [0.15, 0.2) is 6.07 Å². The largest absolute Gasteiger partial charge is 0.368 e. The molecule has 2 aromatic rings. The molecule has 3 heterocycles. The van der Waals surface area contributed by atoms with E-state index in [9.17, 15) is 8.42 Å². The first-order valence-electron chi connectivity index (χ1n) is 7.00. The Morgan fingerprint density at radius 3 is 3.00 bits per heavy atom. The summed E-state index contributed by atoms with van der Waals surface area (Å²) in [5.41, 5.74) is 5.76. The van der Waals surface area contributed by atoms with Gasteiger partial charge in [0.2, 0.25) is 5.95 Å². The smallest absolute Gasteiger partial charge is 0.223 e. The molecule has 3 rings (SSSR count). The standard InChI is InChI=1S/C13H18N4O2S2/c1-2-9-6-10-11(16-13(14)17-12(10)20-9)15-8-4-3-5-21(18,19)7-8/h6,8H,2-5,7H2,1H3,(H3,14,15,16,17). The highest BCUT2D eigenvalue weighted by molar-refractivity contribution is 7.91. The second kappa shape index (κ2) is 5.42. The molecule has 0 spiro atoms. The zero-order valence-corrected chi connectivity index (χ0v) is 13.4. The zero-order chi connectivity index (χ0) is 15.0. The van der Waals surface area contributed by atoms with Crippen molar-refractivity contribution >= 4 is 43.2 Å². The summed E-state index contributed by atoms with van der Waals surface area (Å²) in [5.74, 6) is 1.30. The SMILES string of the molecule is CCc1cc2c(NC3CCCS(=O)(=O)C3)nc(N)nc2s1. The quantitative estimate of drug-likeness (QED) is 0.893. The van der Waals surface area contributed by atoms with Crippen molar-refractivity contribution in [2.45, 2.75) is 32.2 Å². The fourth-order valence-electron chi connectivity index (χ4n) is 2.60. The van der Waals surface area contributed by atoms with E-state index in [-0.39, 0.29) is 23.5 Å². The number of aryl methyl sites for hydroxylation is 1. The molecule has 6 nitrogen and oxygen atoms in total. The first kappa shape index (κ1) is 14.5. The molecule has 1 unspecified atom stereocenters. The zero-order valence-electron chi connectivity index (χ0n) is 11.8. The van der Waals surface area contributed by atoms with Crippen molar-refractivity contribution in [3.8, 4) is 0 Å². The average Bonchev–Trinajstić information content (AvgIpc) is 2.80. The normalized spacial score (nSPS) is 21.5. The number of nitrogens with two attached hydrogens (primary N) is 1. The van der Waals surface area contributed by atoms with Gasteiger partial charge < -0.3 is 11.1 Å². The van der Waals surface area contributed by atoms with E-state index in [2.05, 4.69) is 28.3 Å². The molecule has 0 bridgehead atoms. The molecule has 1 atom stereocenters. The van der Waals surface area contributed by atoms with E-state index in [0.717, 1.165) is 23.1 Å². The molecular weight excluding hydrogens is 308 g/mol. The highest BCUT2D eigenvalue weighted by Gasteiger charge is 2.25. The molecule has 8 heteroatoms. The van der Waals surface area contributed by atoms with Crippen LogP contribution in [0.3, 0.4) is 0 Å². The molecule has 21 heavy (non-hydrogen) atoms. The maximum atomic E-state index is 11.7. The fraction of sp³-hybridized carbons (Fsp3) is 0.538. The number of nitrogen functional groups attached to an aromatic ring is 1. The molecule has 0 amide bonds. The summed E-state index contributed by atoms with van der Waals surface area (Å²) in [4.78, 5) is 10.6. The number of nitrogens with one attached hydrogen (secondary N) is 1. The van der Waals surface area contributed by atoms with Crippen LogP contribution in [0.1, 0.15) is 24.6 Å². The van der Waals surface area contributed by atoms with Gasteiger partial charge in [-0.1, -0.05) is 6.92 Å². The van der Waals surface area contributed by atoms with Crippen molar-refractivity contribution in [3.05, 3.63) is 10.9 Å². The van der Waals surface area contributed by atoms with E-state index < -0.39 is 9.84 Å². The van der Waals surface area contributed by atoms with Crippen LogP contribution in [0.4, 0.5) is 11.8 Å². The van der Waals surface area contributed by atoms with Gasteiger partial charge in [-0.15, -0.1) is 11.3 Å². The molecule has 0 radical (unpaired) electrons. The highest BCUT2D eigenvalue weighted by atomic mass is 32.2. The number of sulfone groups is 1. The molecule has 114 valence electrons. The van der Waals surface area contributed by atoms with Gasteiger partial charge in [-0.2, -0.15) is 4.98 Å². The predicted molar refractivity (Wildman–Crippen MR) is 86.5 cm³/mol. The second-order valence-corrected chi connectivity index (χ2v) is 8.66. The van der Waals surface area contributed by atoms with Gasteiger partial charge in [0.15, 0.2) is 9.84 Å². The summed E-state index contributed by atoms with van der Waals surface area (Å²) in [5, 5.41) is 4.18. The van der Waals surface area contributed by atoms with E-state index >= 15 is 0 Å². The van der Waals surface area contributed by atoms with Gasteiger partial charge in [0.1, 0.15) is 10.6 Å². The minimum Gasteiger partial charge on any atom is -0.368 e. The van der Waals surface area contributed by atoms with Gasteiger partial charge >= 0.3 is 0 Å². The van der Waals surface area contributed by atoms with Crippen molar-refractivity contribution in [2.75, 3.05) is 22.6 Å². The number of anilines is 2. The van der Waals surface area contributed by atoms with Gasteiger partial charge in [-0.05, 0) is 25.3 Å². The monoisotopic (exact) mass is 326 g/mol. The van der Waals surface area contributed by atoms with Crippen molar-refractivity contribution in [2.24, 2.45) is 0 Å². The fourth-order valence-corrected chi connectivity index (χ4v) is 5.21. The van der Waals surface area contributed by atoms with E-state index in [4.69, 9.17) is 5.73 Å². The van der Waals surface area contributed by atoms with Gasteiger partial charge in [0.05, 0.1) is 16.9 Å². The molecule has 2 aromatic heterocycles. The summed E-state index contributed by atoms with van der Waals surface area (Å²) >= 11 is 1.60. The summed E-state index contributed by atoms with van der Waals surface area (Å²) in [6.45, 7) is 2.09. The Bertz CT molecular complexity index is 770. The average molecular weight is 326 g/mol. The lowest BCUT2D eigenvalue weighted by Crippen LogP contribution is -2.35. The molecule has 0 aliphatic carbocycles. The molecule has 0 saturated carbocycles. The Balaban J connectivity index is 1.94. The van der Waals surface area contributed by atoms with Gasteiger partial charge in [0, 0.05) is 10.9 Å². The van der Waals surface area contributed by atoms with Crippen LogP contribution in [0.2, 0.25) is 0 Å². The lowest BCUT2D eigenvalue weighted by Gasteiger charge is -2.23. The highest BCUT2D eigenvalue weighted by Crippen LogP contribution is 2.31. The van der Waals surface area contributed by atoms with Crippen LogP contribution < -0.4 is 11.1 Å². The number of aromatic nitrogens is 2. The van der Waals surface area contributed by atoms with Gasteiger partial charge in [-0.3, -0.25) is 0 Å². The van der Waals surface area contributed by atoms with Crippen LogP contribution in [0, 0.1) is 0 Å². The topological polar surface area (TPSA) is 98.0 Å². The van der Waals surface area contributed by atoms with Crippen molar-refractivity contribution in [1.29, 1.82) is 0 Å². The van der Waals surface area contributed by atoms with Crippen LogP contribution >= 0.6 is 11.3 Å². The van der Waals surface area contributed by atoms with Crippen LogP contribution in [0.5, 0.6) is 0 Å². The van der Waals surface area contributed by atoms with Crippen molar-refractivity contribution < 1.29 is 8.42 Å². The van der Waals surface area contributed by atoms with Crippen LogP contribution in [-0.4, -0.2) is 35.9 Å². The van der Waals surface area contributed by atoms with Crippen LogP contribution in [0.25, 0.3) is 10.2 Å². The summed E-state index contributed by atoms with van der Waals surface area (Å²) in [6, 6.07) is 1.95. The Kier molecular flexibility index (Phi) is 3.75. The van der Waals surface area contributed by atoms with E-state index in [0.29, 0.717) is 12.2 Å². The number of fused-ring (bicyclic) bond motifs is 1. The summed E-state index contributed by atoms with van der Waals surface area (Å²) in [6.07, 6.45) is 2.45. The number of hydrogen-bond acceptors (Lipinski definition) is 7.